The second kappa shape index (κ2) is 6.14. The lowest BCUT2D eigenvalue weighted by molar-refractivity contribution is 0.144. The Morgan fingerprint density at radius 3 is 2.35 bits per heavy atom. The first-order valence-corrected chi connectivity index (χ1v) is 7.82. The van der Waals surface area contributed by atoms with Gasteiger partial charge in [0.25, 0.3) is 5.17 Å². The number of ether oxygens (including phenoxy) is 1. The van der Waals surface area contributed by atoms with Gasteiger partial charge in [0.15, 0.2) is 5.78 Å². The molecule has 0 radical (unpaired) electrons. The number of hydrogen-bond acceptors (Lipinski definition) is 5. The fraction of sp³-hybridized carbons (Fsp3) is 0.900. The third kappa shape index (κ3) is 3.41. The highest BCUT2D eigenvalue weighted by molar-refractivity contribution is 7.80. The molecule has 0 aromatic heterocycles. The van der Waals surface area contributed by atoms with Crippen LogP contribution in [0.2, 0.25) is 0 Å². The van der Waals surface area contributed by atoms with Gasteiger partial charge >= 0.3 is 7.60 Å². The van der Waals surface area contributed by atoms with Crippen LogP contribution in [-0.4, -0.2) is 30.3 Å². The Balaban J connectivity index is 2.92. The number of rotatable bonds is 6. The Morgan fingerprint density at radius 1 is 1.41 bits per heavy atom. The van der Waals surface area contributed by atoms with Crippen molar-refractivity contribution < 1.29 is 18.3 Å². The standard InChI is InChI=1S/C10H20NO4PS/c1-5-13-16(12,14-6-2)9-8(7(3)4)15-10(17)11-9/h7-9H,5-6H2,1-4H3,(H,11,17)/t8-,9-/m1/s1. The van der Waals surface area contributed by atoms with Crippen LogP contribution >= 0.6 is 19.8 Å². The topological polar surface area (TPSA) is 56.8 Å². The summed E-state index contributed by atoms with van der Waals surface area (Å²) < 4.78 is 28.7. The minimum absolute atomic E-state index is 0.169. The van der Waals surface area contributed by atoms with Crippen molar-refractivity contribution >= 4 is 25.0 Å². The SMILES string of the molecule is CCOP(=O)(OCC)[C@H]1NC(=S)O[C@@H]1C(C)C. The Kier molecular flexibility index (Phi) is 5.38. The predicted molar refractivity (Wildman–Crippen MR) is 70.1 cm³/mol. The molecule has 1 saturated heterocycles. The van der Waals surface area contributed by atoms with Crippen LogP contribution in [-0.2, 0) is 18.3 Å². The van der Waals surface area contributed by atoms with Gasteiger partial charge in [-0.05, 0) is 32.0 Å². The molecule has 1 N–H and O–H groups in total. The van der Waals surface area contributed by atoms with E-state index in [0.717, 1.165) is 0 Å². The largest absolute Gasteiger partial charge is 0.465 e. The van der Waals surface area contributed by atoms with Crippen molar-refractivity contribution in [3.63, 3.8) is 0 Å². The van der Waals surface area contributed by atoms with Gasteiger partial charge in [-0.1, -0.05) is 13.8 Å². The van der Waals surface area contributed by atoms with E-state index >= 15 is 0 Å². The molecule has 7 heteroatoms. The molecule has 0 aromatic carbocycles. The van der Waals surface area contributed by atoms with E-state index in [9.17, 15) is 4.57 Å². The summed E-state index contributed by atoms with van der Waals surface area (Å²) in [5, 5.41) is 3.15. The number of nitrogens with one attached hydrogen (secondary N) is 1. The van der Waals surface area contributed by atoms with Gasteiger partial charge in [0.05, 0.1) is 13.2 Å². The molecule has 5 nitrogen and oxygen atoms in total. The maximum atomic E-state index is 12.6. The van der Waals surface area contributed by atoms with Gasteiger partial charge in [-0.25, -0.2) is 0 Å². The molecule has 1 fully saturated rings. The summed E-state index contributed by atoms with van der Waals surface area (Å²) in [5.41, 5.74) is 0. The highest BCUT2D eigenvalue weighted by atomic mass is 32.1. The van der Waals surface area contributed by atoms with E-state index in [1.165, 1.54) is 0 Å². The van der Waals surface area contributed by atoms with Crippen molar-refractivity contribution in [3.05, 3.63) is 0 Å². The van der Waals surface area contributed by atoms with Crippen LogP contribution in [0.1, 0.15) is 27.7 Å². The Bertz CT molecular complexity index is 313. The highest BCUT2D eigenvalue weighted by Crippen LogP contribution is 2.55. The molecule has 17 heavy (non-hydrogen) atoms. The van der Waals surface area contributed by atoms with Gasteiger partial charge < -0.3 is 19.1 Å². The van der Waals surface area contributed by atoms with E-state index in [2.05, 4.69) is 5.32 Å². The van der Waals surface area contributed by atoms with Crippen LogP contribution in [0.25, 0.3) is 0 Å². The Hall–Kier alpha value is -0.160. The lowest BCUT2D eigenvalue weighted by Gasteiger charge is -2.27. The molecule has 2 atom stereocenters. The molecule has 0 spiro atoms. The second-order valence-corrected chi connectivity index (χ2v) is 6.60. The van der Waals surface area contributed by atoms with Crippen LogP contribution in [0, 0.1) is 5.92 Å². The summed E-state index contributed by atoms with van der Waals surface area (Å²) in [6, 6.07) is 0. The van der Waals surface area contributed by atoms with Crippen molar-refractivity contribution in [2.75, 3.05) is 13.2 Å². The molecular weight excluding hydrogens is 261 g/mol. The fourth-order valence-corrected chi connectivity index (χ4v) is 4.22. The zero-order valence-corrected chi connectivity index (χ0v) is 12.3. The molecular formula is C10H20NO4PS. The molecule has 0 amide bonds. The molecule has 0 bridgehead atoms. The minimum atomic E-state index is -3.24. The maximum absolute atomic E-state index is 12.6. The van der Waals surface area contributed by atoms with Gasteiger partial charge in [0.1, 0.15) is 6.10 Å². The van der Waals surface area contributed by atoms with E-state index in [0.29, 0.717) is 13.2 Å². The number of hydrogen-bond donors (Lipinski definition) is 1. The predicted octanol–water partition coefficient (Wildman–Crippen LogP) is 2.51. The van der Waals surface area contributed by atoms with Gasteiger partial charge in [0.2, 0.25) is 0 Å². The summed E-state index contributed by atoms with van der Waals surface area (Å²) in [7, 11) is -3.24. The summed E-state index contributed by atoms with van der Waals surface area (Å²) in [4.78, 5) is 0. The van der Waals surface area contributed by atoms with Gasteiger partial charge in [-0.15, -0.1) is 0 Å². The van der Waals surface area contributed by atoms with E-state index < -0.39 is 13.4 Å². The quantitative estimate of drug-likeness (QED) is 0.596. The van der Waals surface area contributed by atoms with Gasteiger partial charge in [-0.3, -0.25) is 4.57 Å². The summed E-state index contributed by atoms with van der Waals surface area (Å²) in [5.74, 6) is -0.350. The van der Waals surface area contributed by atoms with E-state index in [-0.39, 0.29) is 17.2 Å². The zero-order chi connectivity index (χ0) is 13.1. The van der Waals surface area contributed by atoms with Crippen molar-refractivity contribution in [1.29, 1.82) is 0 Å². The minimum Gasteiger partial charge on any atom is -0.465 e. The van der Waals surface area contributed by atoms with E-state index in [4.69, 9.17) is 26.0 Å². The third-order valence-corrected chi connectivity index (χ3v) is 4.99. The van der Waals surface area contributed by atoms with Crippen LogP contribution in [0.3, 0.4) is 0 Å². The molecule has 0 aliphatic carbocycles. The Morgan fingerprint density at radius 2 is 1.94 bits per heavy atom. The first-order chi connectivity index (χ1) is 7.94. The van der Waals surface area contributed by atoms with E-state index in [1.54, 1.807) is 13.8 Å². The first-order valence-electron chi connectivity index (χ1n) is 5.80. The van der Waals surface area contributed by atoms with Crippen LogP contribution in [0.15, 0.2) is 0 Å². The van der Waals surface area contributed by atoms with Gasteiger partial charge in [-0.2, -0.15) is 0 Å². The molecule has 0 aromatic rings. The summed E-state index contributed by atoms with van der Waals surface area (Å²) >= 11 is 4.96. The van der Waals surface area contributed by atoms with Crippen LogP contribution in [0.5, 0.6) is 0 Å². The maximum Gasteiger partial charge on any atom is 0.356 e. The lowest BCUT2D eigenvalue weighted by atomic mass is 10.1. The number of thiocarbonyl (C=S) groups is 1. The van der Waals surface area contributed by atoms with Crippen molar-refractivity contribution in [1.82, 2.24) is 5.32 Å². The normalized spacial score (nSPS) is 24.9. The average Bonchev–Trinajstić information content (AvgIpc) is 2.62. The van der Waals surface area contributed by atoms with Crippen molar-refractivity contribution in [2.45, 2.75) is 39.6 Å². The third-order valence-electron chi connectivity index (χ3n) is 2.44. The molecule has 1 heterocycles. The Labute approximate surface area is 108 Å². The molecule has 1 rings (SSSR count). The second-order valence-electron chi connectivity index (χ2n) is 4.08. The first kappa shape index (κ1) is 14.9. The van der Waals surface area contributed by atoms with Crippen LogP contribution < -0.4 is 5.32 Å². The smallest absolute Gasteiger partial charge is 0.356 e. The fourth-order valence-electron chi connectivity index (χ4n) is 1.74. The monoisotopic (exact) mass is 281 g/mol. The molecule has 1 aliphatic rings. The molecule has 100 valence electrons. The summed E-state index contributed by atoms with van der Waals surface area (Å²) in [6.07, 6.45) is -0.286. The van der Waals surface area contributed by atoms with Gasteiger partial charge in [0, 0.05) is 0 Å². The zero-order valence-electron chi connectivity index (χ0n) is 10.6. The summed E-state index contributed by atoms with van der Waals surface area (Å²) in [6.45, 7) is 8.18. The molecule has 0 unspecified atom stereocenters. The molecule has 1 aliphatic heterocycles. The van der Waals surface area contributed by atoms with Crippen LogP contribution in [0.4, 0.5) is 0 Å². The highest BCUT2D eigenvalue weighted by Gasteiger charge is 2.48. The molecule has 0 saturated carbocycles. The average molecular weight is 281 g/mol. The van der Waals surface area contributed by atoms with Crippen molar-refractivity contribution in [3.8, 4) is 0 Å². The van der Waals surface area contributed by atoms with Crippen molar-refractivity contribution in [2.24, 2.45) is 5.92 Å². The lowest BCUT2D eigenvalue weighted by Crippen LogP contribution is -2.35. The van der Waals surface area contributed by atoms with E-state index in [1.807, 2.05) is 13.8 Å².